The number of morpholine rings is 1. The molecule has 3 aliphatic rings. The van der Waals surface area contributed by atoms with Crippen molar-refractivity contribution in [2.45, 2.75) is 43.3 Å². The van der Waals surface area contributed by atoms with Crippen LogP contribution in [0.4, 0.5) is 24.7 Å². The summed E-state index contributed by atoms with van der Waals surface area (Å²) in [7, 11) is 2.76. The first-order chi connectivity index (χ1) is 24.6. The van der Waals surface area contributed by atoms with Crippen LogP contribution < -0.4 is 19.3 Å². The van der Waals surface area contributed by atoms with Crippen molar-refractivity contribution < 1.29 is 46.1 Å². The van der Waals surface area contributed by atoms with Crippen molar-refractivity contribution in [3.05, 3.63) is 60.7 Å². The van der Waals surface area contributed by atoms with Crippen molar-refractivity contribution >= 4 is 39.5 Å². The molecule has 0 radical (unpaired) electrons. The number of rotatable bonds is 7. The Kier molecular flexibility index (Phi) is 8.09. The quantitative estimate of drug-likeness (QED) is 0.209. The van der Waals surface area contributed by atoms with E-state index in [-0.39, 0.29) is 41.8 Å². The highest BCUT2D eigenvalue weighted by Gasteiger charge is 2.51. The molecule has 13 nitrogen and oxygen atoms in total. The Bertz CT molecular complexity index is 2120. The number of alkyl halides is 3. The molecular formula is C35H33F3N6O7. The molecule has 3 fully saturated rings. The lowest BCUT2D eigenvalue weighted by Gasteiger charge is -2.53. The van der Waals surface area contributed by atoms with E-state index in [1.165, 1.54) is 12.0 Å². The second kappa shape index (κ2) is 12.5. The summed E-state index contributed by atoms with van der Waals surface area (Å²) in [6.45, 7) is 3.88. The largest absolute Gasteiger partial charge is 0.481 e. The number of furan rings is 1. The van der Waals surface area contributed by atoms with Crippen molar-refractivity contribution in [1.29, 1.82) is 0 Å². The first kappa shape index (κ1) is 33.0. The second-order valence-electron chi connectivity index (χ2n) is 12.7. The van der Waals surface area contributed by atoms with E-state index in [4.69, 9.17) is 33.1 Å². The SMILES string of the molecule is COC(=O)[C@@H]1CC(Oc2ncc(-c3cccnc3OC)cc2N2CCOC3(COC3)[C@@H]2C)CN1c1nc(C(F)(F)F)nc2c1oc1ccccc12. The Balaban J connectivity index is 1.20. The van der Waals surface area contributed by atoms with E-state index in [0.717, 1.165) is 11.1 Å². The lowest BCUT2D eigenvalue weighted by Crippen LogP contribution is -2.68. The van der Waals surface area contributed by atoms with Gasteiger partial charge in [-0.3, -0.25) is 0 Å². The van der Waals surface area contributed by atoms with Gasteiger partial charge < -0.3 is 37.9 Å². The van der Waals surface area contributed by atoms with Crippen molar-refractivity contribution in [1.82, 2.24) is 19.9 Å². The number of para-hydroxylation sites is 1. The monoisotopic (exact) mass is 706 g/mol. The summed E-state index contributed by atoms with van der Waals surface area (Å²) in [5.41, 5.74) is 1.94. The summed E-state index contributed by atoms with van der Waals surface area (Å²) in [6, 6.07) is 11.1. The lowest BCUT2D eigenvalue weighted by molar-refractivity contribution is -0.228. The molecule has 0 amide bonds. The van der Waals surface area contributed by atoms with Crippen LogP contribution >= 0.6 is 0 Å². The second-order valence-corrected chi connectivity index (χ2v) is 12.7. The number of methoxy groups -OCH3 is 2. The van der Waals surface area contributed by atoms with Crippen molar-refractivity contribution in [2.75, 3.05) is 56.9 Å². The fourth-order valence-electron chi connectivity index (χ4n) is 7.09. The van der Waals surface area contributed by atoms with E-state index in [0.29, 0.717) is 48.9 Å². The van der Waals surface area contributed by atoms with Crippen molar-refractivity contribution in [3.8, 4) is 22.9 Å². The van der Waals surface area contributed by atoms with Crippen LogP contribution in [0.15, 0.2) is 59.3 Å². The van der Waals surface area contributed by atoms with Gasteiger partial charge in [-0.25, -0.2) is 24.7 Å². The number of hydrogen-bond acceptors (Lipinski definition) is 13. The van der Waals surface area contributed by atoms with Crippen LogP contribution in [0, 0.1) is 0 Å². The van der Waals surface area contributed by atoms with Gasteiger partial charge in [-0.2, -0.15) is 13.2 Å². The zero-order valence-electron chi connectivity index (χ0n) is 27.8. The van der Waals surface area contributed by atoms with Gasteiger partial charge in [-0.1, -0.05) is 12.1 Å². The van der Waals surface area contributed by atoms with Gasteiger partial charge in [0.2, 0.25) is 17.6 Å². The van der Waals surface area contributed by atoms with Crippen molar-refractivity contribution in [3.63, 3.8) is 0 Å². The zero-order chi connectivity index (χ0) is 35.5. The van der Waals surface area contributed by atoms with Crippen LogP contribution in [0.25, 0.3) is 33.2 Å². The van der Waals surface area contributed by atoms with Crippen LogP contribution in [-0.2, 0) is 25.2 Å². The van der Waals surface area contributed by atoms with Gasteiger partial charge in [-0.05, 0) is 37.3 Å². The predicted octanol–water partition coefficient (Wildman–Crippen LogP) is 5.05. The summed E-state index contributed by atoms with van der Waals surface area (Å²) >= 11 is 0. The zero-order valence-corrected chi connectivity index (χ0v) is 27.8. The molecule has 0 bridgehead atoms. The molecule has 1 unspecified atom stereocenters. The van der Waals surface area contributed by atoms with E-state index in [1.807, 2.05) is 12.1 Å². The first-order valence-electron chi connectivity index (χ1n) is 16.4. The highest BCUT2D eigenvalue weighted by molar-refractivity contribution is 6.06. The smallest absolute Gasteiger partial charge is 0.451 e. The third-order valence-corrected chi connectivity index (χ3v) is 9.80. The molecule has 3 saturated heterocycles. The third kappa shape index (κ3) is 5.62. The van der Waals surface area contributed by atoms with Gasteiger partial charge in [0.05, 0.1) is 46.6 Å². The topological polar surface area (TPSA) is 134 Å². The molecule has 0 N–H and O–H groups in total. The van der Waals surface area contributed by atoms with Crippen LogP contribution in [0.2, 0.25) is 0 Å². The molecule has 5 aromatic rings. The van der Waals surface area contributed by atoms with Gasteiger partial charge in [0.25, 0.3) is 0 Å². The van der Waals surface area contributed by atoms with E-state index in [9.17, 15) is 18.0 Å². The molecule has 8 rings (SSSR count). The molecule has 51 heavy (non-hydrogen) atoms. The number of ether oxygens (including phenoxy) is 5. The normalized spacial score (nSPS) is 21.6. The van der Waals surface area contributed by atoms with Gasteiger partial charge >= 0.3 is 12.1 Å². The number of carbonyl (C=O) groups excluding carboxylic acids is 1. The Morgan fingerprint density at radius 2 is 1.86 bits per heavy atom. The summed E-state index contributed by atoms with van der Waals surface area (Å²) in [5.74, 6) is -1.52. The number of hydrogen-bond donors (Lipinski definition) is 0. The number of carbonyl (C=O) groups is 1. The maximum atomic E-state index is 14.2. The summed E-state index contributed by atoms with van der Waals surface area (Å²) in [4.78, 5) is 33.7. The summed E-state index contributed by atoms with van der Waals surface area (Å²) in [6.07, 6.45) is -2.24. The Hall–Kier alpha value is -5.22. The summed E-state index contributed by atoms with van der Waals surface area (Å²) in [5, 5.41) is 0.386. The van der Waals surface area contributed by atoms with Crippen molar-refractivity contribution in [2.24, 2.45) is 0 Å². The third-order valence-electron chi connectivity index (χ3n) is 9.80. The molecule has 266 valence electrons. The number of benzene rings is 1. The molecule has 1 aromatic carbocycles. The number of nitrogens with zero attached hydrogens (tertiary/aromatic N) is 6. The maximum Gasteiger partial charge on any atom is 0.451 e. The number of pyridine rings is 2. The molecule has 1 spiro atoms. The minimum absolute atomic E-state index is 0.0162. The molecule has 16 heteroatoms. The maximum absolute atomic E-state index is 14.2. The average Bonchev–Trinajstić information content (AvgIpc) is 3.72. The Morgan fingerprint density at radius 3 is 2.61 bits per heavy atom. The molecule has 0 saturated carbocycles. The number of anilines is 2. The highest BCUT2D eigenvalue weighted by Crippen LogP contribution is 2.43. The van der Waals surface area contributed by atoms with Gasteiger partial charge in [-0.15, -0.1) is 0 Å². The van der Waals surface area contributed by atoms with Crippen LogP contribution in [-0.4, -0.2) is 96.8 Å². The highest BCUT2D eigenvalue weighted by atomic mass is 19.4. The number of esters is 1. The van der Waals surface area contributed by atoms with E-state index >= 15 is 0 Å². The molecule has 4 aromatic heterocycles. The predicted molar refractivity (Wildman–Crippen MR) is 177 cm³/mol. The molecular weight excluding hydrogens is 673 g/mol. The fraction of sp³-hybridized carbons (Fsp3) is 0.400. The molecule has 3 aliphatic heterocycles. The summed E-state index contributed by atoms with van der Waals surface area (Å²) < 4.78 is 77.5. The lowest BCUT2D eigenvalue weighted by atomic mass is 9.90. The Morgan fingerprint density at radius 1 is 1.04 bits per heavy atom. The molecule has 3 atom stereocenters. The van der Waals surface area contributed by atoms with Gasteiger partial charge in [0.1, 0.15) is 34.5 Å². The van der Waals surface area contributed by atoms with Crippen LogP contribution in [0.1, 0.15) is 19.2 Å². The van der Waals surface area contributed by atoms with E-state index < -0.39 is 35.7 Å². The van der Waals surface area contributed by atoms with Gasteiger partial charge in [0.15, 0.2) is 11.4 Å². The fourth-order valence-corrected chi connectivity index (χ4v) is 7.09. The molecule has 0 aliphatic carbocycles. The standard InChI is InChI=1S/C35H33F3N6O7/c1-19-34(17-48-18-34)49-12-11-43(19)24-13-20(22-8-6-10-39-30(22)46-2)15-40-31(24)50-21-14-25(32(45)47-3)44(16-21)29-28-27(41-33(42-29)35(36,37)38)23-7-4-5-9-26(23)51-28/h4-10,13,15,19,21,25H,11-12,14,16-18H2,1-3H3/t19-,21?,25-/m0/s1. The molecule has 7 heterocycles. The van der Waals surface area contributed by atoms with E-state index in [2.05, 4.69) is 26.8 Å². The van der Waals surface area contributed by atoms with Gasteiger partial charge in [0, 0.05) is 41.9 Å². The number of halogens is 3. The van der Waals surface area contributed by atoms with E-state index in [1.54, 1.807) is 49.8 Å². The minimum Gasteiger partial charge on any atom is -0.481 e. The van der Waals surface area contributed by atoms with Crippen LogP contribution in [0.5, 0.6) is 11.8 Å². The number of aromatic nitrogens is 4. The Labute approximate surface area is 289 Å². The minimum atomic E-state index is -4.87. The first-order valence-corrected chi connectivity index (χ1v) is 16.4. The van der Waals surface area contributed by atoms with Crippen LogP contribution in [0.3, 0.4) is 0 Å². The number of fused-ring (bicyclic) bond motifs is 3. The average molecular weight is 707 g/mol.